The van der Waals surface area contributed by atoms with E-state index in [1.54, 1.807) is 53.1 Å². The minimum atomic E-state index is -3.41. The highest BCUT2D eigenvalue weighted by Gasteiger charge is 2.36. The summed E-state index contributed by atoms with van der Waals surface area (Å²) >= 11 is 0. The number of nitrogens with one attached hydrogen (secondary N) is 2. The largest absolute Gasteiger partial charge is 0.494 e. The summed E-state index contributed by atoms with van der Waals surface area (Å²) in [5.74, 6) is 1.17. The molecule has 2 aliphatic carbocycles. The fourth-order valence-electron chi connectivity index (χ4n) is 4.97. The summed E-state index contributed by atoms with van der Waals surface area (Å²) < 4.78 is 36.9. The van der Waals surface area contributed by atoms with E-state index in [2.05, 4.69) is 20.1 Å². The maximum atomic E-state index is 12.5. The maximum Gasteiger partial charge on any atom is 0.235 e. The molecule has 1 aromatic carbocycles. The Morgan fingerprint density at radius 3 is 2.74 bits per heavy atom. The van der Waals surface area contributed by atoms with Crippen LogP contribution < -0.4 is 20.5 Å². The van der Waals surface area contributed by atoms with Crippen LogP contribution in [0.15, 0.2) is 55.1 Å². The summed E-state index contributed by atoms with van der Waals surface area (Å²) in [6.07, 6.45) is 10.2. The lowest BCUT2D eigenvalue weighted by atomic mass is 9.88. The second-order valence-electron chi connectivity index (χ2n) is 10.1. The molecule has 12 nitrogen and oxygen atoms in total. The van der Waals surface area contributed by atoms with Crippen LogP contribution >= 0.6 is 0 Å². The van der Waals surface area contributed by atoms with Gasteiger partial charge in [-0.05, 0) is 49.9 Å². The molecule has 0 saturated heterocycles. The molecular formula is C26H27N9O3S. The van der Waals surface area contributed by atoms with Crippen molar-refractivity contribution in [2.24, 2.45) is 5.73 Å². The van der Waals surface area contributed by atoms with Crippen molar-refractivity contribution in [2.75, 3.05) is 17.1 Å². The van der Waals surface area contributed by atoms with Gasteiger partial charge in [-0.1, -0.05) is 0 Å². The third-order valence-corrected chi connectivity index (χ3v) is 9.14. The van der Waals surface area contributed by atoms with Crippen molar-refractivity contribution in [3.63, 3.8) is 0 Å². The van der Waals surface area contributed by atoms with Gasteiger partial charge in [0, 0.05) is 36.7 Å². The van der Waals surface area contributed by atoms with E-state index < -0.39 is 10.0 Å². The Hall–Kier alpha value is -4.23. The maximum absolute atomic E-state index is 12.5. The van der Waals surface area contributed by atoms with E-state index >= 15 is 0 Å². The molecule has 0 unspecified atom stereocenters. The number of benzene rings is 1. The monoisotopic (exact) mass is 545 g/mol. The number of hydrogen-bond donors (Lipinski definition) is 3. The number of fused-ring (bicyclic) bond motifs is 2. The van der Waals surface area contributed by atoms with Crippen LogP contribution in [0.4, 0.5) is 11.5 Å². The molecular weight excluding hydrogens is 518 g/mol. The normalized spacial score (nSPS) is 19.2. The third-order valence-electron chi connectivity index (χ3n) is 7.27. The van der Waals surface area contributed by atoms with Gasteiger partial charge >= 0.3 is 0 Å². The Balaban J connectivity index is 1.34. The molecule has 2 aliphatic rings. The van der Waals surface area contributed by atoms with Crippen molar-refractivity contribution in [1.82, 2.24) is 29.4 Å². The first-order valence-electron chi connectivity index (χ1n) is 12.8. The van der Waals surface area contributed by atoms with Gasteiger partial charge in [0.2, 0.25) is 10.0 Å². The van der Waals surface area contributed by atoms with Crippen LogP contribution in [0.25, 0.3) is 33.5 Å². The molecule has 39 heavy (non-hydrogen) atoms. The predicted molar refractivity (Wildman–Crippen MR) is 148 cm³/mol. The number of aromatic nitrogens is 6. The standard InChI is InChI=1S/C26H27N9O3S/c1-38-24-11-16(33-39(36,37)18-4-5-18)3-6-22(24)35-23-12-21(19-14-30-34-8-2-7-28-26(19)34)29-13-20(23)25(32-35)31-17-9-15(27)10-17/h2-3,6-8,11-15,17-18,33H,4-5,9-10,27H2,1H3,(H,31,32)/t15-,17+. The molecule has 0 bridgehead atoms. The number of hydrogen-bond acceptors (Lipinski definition) is 9. The van der Waals surface area contributed by atoms with Gasteiger partial charge in [0.25, 0.3) is 0 Å². The molecule has 4 heterocycles. The highest BCUT2D eigenvalue weighted by atomic mass is 32.2. The van der Waals surface area contributed by atoms with E-state index in [0.717, 1.165) is 29.3 Å². The van der Waals surface area contributed by atoms with Crippen LogP contribution in [0, 0.1) is 0 Å². The summed E-state index contributed by atoms with van der Waals surface area (Å²) in [6, 6.07) is 9.40. The van der Waals surface area contributed by atoms with E-state index in [0.29, 0.717) is 47.1 Å². The van der Waals surface area contributed by atoms with Crippen molar-refractivity contribution in [3.8, 4) is 22.7 Å². The molecule has 4 aromatic heterocycles. The molecule has 0 aliphatic heterocycles. The predicted octanol–water partition coefficient (Wildman–Crippen LogP) is 2.94. The Kier molecular flexibility index (Phi) is 5.45. The summed E-state index contributed by atoms with van der Waals surface area (Å²) in [5, 5.41) is 13.3. The fourth-order valence-corrected chi connectivity index (χ4v) is 6.35. The van der Waals surface area contributed by atoms with Gasteiger partial charge in [-0.3, -0.25) is 9.71 Å². The molecule has 200 valence electrons. The van der Waals surface area contributed by atoms with Crippen LogP contribution in [-0.4, -0.2) is 62.2 Å². The Morgan fingerprint density at radius 2 is 1.97 bits per heavy atom. The molecule has 4 N–H and O–H groups in total. The van der Waals surface area contributed by atoms with Crippen molar-refractivity contribution in [2.45, 2.75) is 43.0 Å². The highest BCUT2D eigenvalue weighted by Crippen LogP contribution is 2.36. The molecule has 0 spiro atoms. The Bertz CT molecular complexity index is 1820. The molecule has 5 aromatic rings. The van der Waals surface area contributed by atoms with E-state index in [9.17, 15) is 8.42 Å². The number of nitrogens with zero attached hydrogens (tertiary/aromatic N) is 6. The quantitative estimate of drug-likeness (QED) is 0.267. The summed E-state index contributed by atoms with van der Waals surface area (Å²) in [5.41, 5.74) is 10.1. The van der Waals surface area contributed by atoms with Gasteiger partial charge in [0.15, 0.2) is 11.5 Å². The van der Waals surface area contributed by atoms with E-state index in [-0.39, 0.29) is 17.3 Å². The lowest BCUT2D eigenvalue weighted by molar-refractivity contribution is 0.373. The first-order valence-corrected chi connectivity index (χ1v) is 14.3. The zero-order chi connectivity index (χ0) is 26.7. The number of rotatable bonds is 8. The van der Waals surface area contributed by atoms with Gasteiger partial charge in [-0.25, -0.2) is 22.6 Å². The van der Waals surface area contributed by atoms with E-state index in [1.165, 1.54) is 0 Å². The first kappa shape index (κ1) is 23.9. The molecule has 0 amide bonds. The van der Waals surface area contributed by atoms with E-state index in [4.69, 9.17) is 20.6 Å². The van der Waals surface area contributed by atoms with Crippen LogP contribution in [0.1, 0.15) is 25.7 Å². The van der Waals surface area contributed by atoms with Crippen LogP contribution in [-0.2, 0) is 10.0 Å². The highest BCUT2D eigenvalue weighted by molar-refractivity contribution is 7.93. The van der Waals surface area contributed by atoms with Gasteiger partial charge in [0.05, 0.1) is 46.4 Å². The zero-order valence-corrected chi connectivity index (χ0v) is 22.0. The lowest BCUT2D eigenvalue weighted by Gasteiger charge is -2.33. The minimum absolute atomic E-state index is 0.191. The lowest BCUT2D eigenvalue weighted by Crippen LogP contribution is -2.44. The first-order chi connectivity index (χ1) is 18.9. The van der Waals surface area contributed by atoms with Crippen LogP contribution in [0.5, 0.6) is 5.75 Å². The molecule has 2 saturated carbocycles. The Morgan fingerprint density at radius 1 is 1.13 bits per heavy atom. The van der Waals surface area contributed by atoms with Gasteiger partial charge in [-0.15, -0.1) is 5.10 Å². The average molecular weight is 546 g/mol. The number of ether oxygens (including phenoxy) is 1. The summed E-state index contributed by atoms with van der Waals surface area (Å²) in [6.45, 7) is 0. The topological polar surface area (TPSA) is 154 Å². The average Bonchev–Trinajstić information content (AvgIpc) is 3.62. The minimum Gasteiger partial charge on any atom is -0.494 e. The number of methoxy groups -OCH3 is 1. The van der Waals surface area contributed by atoms with Crippen LogP contribution in [0.2, 0.25) is 0 Å². The van der Waals surface area contributed by atoms with Crippen molar-refractivity contribution >= 4 is 38.1 Å². The van der Waals surface area contributed by atoms with Crippen molar-refractivity contribution in [3.05, 3.63) is 55.1 Å². The molecule has 0 radical (unpaired) electrons. The Labute approximate surface area is 224 Å². The summed E-state index contributed by atoms with van der Waals surface area (Å²) in [7, 11) is -1.85. The molecule has 13 heteroatoms. The SMILES string of the molecule is COc1cc(NS(=O)(=O)C2CC2)ccc1-n1nc(N[C@H]2C[C@@H](N)C2)c2cnc(-c3cnn4cccnc34)cc21. The van der Waals surface area contributed by atoms with Gasteiger partial charge in [0.1, 0.15) is 11.4 Å². The number of nitrogens with two attached hydrogens (primary N) is 1. The molecule has 7 rings (SSSR count). The second kappa shape index (κ2) is 8.92. The third kappa shape index (κ3) is 4.23. The summed E-state index contributed by atoms with van der Waals surface area (Å²) in [4.78, 5) is 9.20. The number of pyridine rings is 1. The molecule has 0 atom stereocenters. The van der Waals surface area contributed by atoms with Crippen molar-refractivity contribution in [1.29, 1.82) is 0 Å². The van der Waals surface area contributed by atoms with Gasteiger partial charge in [-0.2, -0.15) is 5.10 Å². The van der Waals surface area contributed by atoms with Crippen molar-refractivity contribution < 1.29 is 13.2 Å². The molecule has 2 fully saturated rings. The van der Waals surface area contributed by atoms with E-state index in [1.807, 2.05) is 18.3 Å². The second-order valence-corrected chi connectivity index (χ2v) is 12.1. The number of anilines is 2. The van der Waals surface area contributed by atoms with Crippen LogP contribution in [0.3, 0.4) is 0 Å². The fraction of sp³-hybridized carbons (Fsp3) is 0.308. The smallest absolute Gasteiger partial charge is 0.235 e. The zero-order valence-electron chi connectivity index (χ0n) is 21.2. The van der Waals surface area contributed by atoms with Gasteiger partial charge < -0.3 is 15.8 Å². The number of sulfonamides is 1.